The molecule has 0 aliphatic rings. The van der Waals surface area contributed by atoms with Crippen molar-refractivity contribution < 1.29 is 40.6 Å². The second-order valence-electron chi connectivity index (χ2n) is 11.8. The van der Waals surface area contributed by atoms with E-state index in [4.69, 9.17) is 0 Å². The summed E-state index contributed by atoms with van der Waals surface area (Å²) >= 11 is 0. The van der Waals surface area contributed by atoms with Gasteiger partial charge in [-0.3, -0.25) is 9.69 Å². The molecular weight excluding hydrogens is 575 g/mol. The lowest BCUT2D eigenvalue weighted by Gasteiger charge is -2.26. The molecule has 0 aromatic heterocycles. The lowest BCUT2D eigenvalue weighted by Crippen LogP contribution is -2.27. The summed E-state index contributed by atoms with van der Waals surface area (Å²) in [5, 5.41) is 10.0. The molecule has 3 rings (SSSR count). The maximum absolute atomic E-state index is 13.8. The van der Waals surface area contributed by atoms with Gasteiger partial charge in [0.15, 0.2) is 0 Å². The summed E-state index contributed by atoms with van der Waals surface area (Å²) in [5.41, 5.74) is 0.00537. The lowest BCUT2D eigenvalue weighted by atomic mass is 9.87. The third-order valence-corrected chi connectivity index (χ3v) is 7.17. The number of aliphatic carboxylic acids is 1. The molecule has 3 aromatic rings. The van der Waals surface area contributed by atoms with Crippen LogP contribution in [0.25, 0.3) is 11.1 Å². The van der Waals surface area contributed by atoms with Gasteiger partial charge in [0, 0.05) is 13.1 Å². The number of carboxylic acid groups (broad SMARTS) is 1. The SMILES string of the molecule is CC(C)CCN(Cc1cc(-c2ccc(C(F)(F)F)cc2)cc(C(CC(C)C)C(=O)O)c1)Cc1ccc(F)cc1C(F)(F)F. The molecule has 0 saturated heterocycles. The van der Waals surface area contributed by atoms with Gasteiger partial charge in [-0.1, -0.05) is 58.0 Å². The van der Waals surface area contributed by atoms with E-state index in [1.54, 1.807) is 23.1 Å². The first-order chi connectivity index (χ1) is 19.9. The zero-order valence-electron chi connectivity index (χ0n) is 24.5. The molecule has 43 heavy (non-hydrogen) atoms. The van der Waals surface area contributed by atoms with Crippen molar-refractivity contribution >= 4 is 5.97 Å². The minimum atomic E-state index is -4.76. The van der Waals surface area contributed by atoms with E-state index in [2.05, 4.69) is 0 Å². The highest BCUT2D eigenvalue weighted by atomic mass is 19.4. The number of nitrogens with zero attached hydrogens (tertiary/aromatic N) is 1. The number of alkyl halides is 6. The fraction of sp³-hybridized carbons (Fsp3) is 0.424. The summed E-state index contributed by atoms with van der Waals surface area (Å²) < 4.78 is 94.6. The van der Waals surface area contributed by atoms with Crippen molar-refractivity contribution in [3.05, 3.63) is 94.3 Å². The number of benzene rings is 3. The van der Waals surface area contributed by atoms with E-state index in [0.29, 0.717) is 47.7 Å². The van der Waals surface area contributed by atoms with Crippen LogP contribution in [0.3, 0.4) is 0 Å². The Morgan fingerprint density at radius 2 is 1.44 bits per heavy atom. The Hall–Kier alpha value is -3.40. The van der Waals surface area contributed by atoms with Crippen LogP contribution < -0.4 is 0 Å². The minimum Gasteiger partial charge on any atom is -0.481 e. The van der Waals surface area contributed by atoms with Crippen molar-refractivity contribution in [3.8, 4) is 11.1 Å². The molecule has 0 fully saturated rings. The Morgan fingerprint density at radius 1 is 0.791 bits per heavy atom. The predicted molar refractivity (Wildman–Crippen MR) is 152 cm³/mol. The van der Waals surface area contributed by atoms with Crippen LogP contribution in [-0.4, -0.2) is 22.5 Å². The number of rotatable bonds is 12. The van der Waals surface area contributed by atoms with Crippen LogP contribution in [-0.2, 0) is 30.2 Å². The maximum Gasteiger partial charge on any atom is 0.416 e. The van der Waals surface area contributed by atoms with E-state index in [0.717, 1.165) is 24.3 Å². The molecule has 0 spiro atoms. The van der Waals surface area contributed by atoms with Crippen molar-refractivity contribution in [2.45, 2.75) is 71.9 Å². The summed E-state index contributed by atoms with van der Waals surface area (Å²) in [6.07, 6.45) is -8.32. The van der Waals surface area contributed by atoms with Gasteiger partial charge in [0.25, 0.3) is 0 Å². The predicted octanol–water partition coefficient (Wildman–Crippen LogP) is 9.79. The number of hydrogen-bond donors (Lipinski definition) is 1. The van der Waals surface area contributed by atoms with Gasteiger partial charge >= 0.3 is 18.3 Å². The first kappa shape index (κ1) is 34.1. The number of hydrogen-bond acceptors (Lipinski definition) is 2. The van der Waals surface area contributed by atoms with E-state index in [1.807, 2.05) is 27.7 Å². The molecular formula is C33H36F7NO2. The summed E-state index contributed by atoms with van der Waals surface area (Å²) in [6, 6.07) is 12.2. The molecule has 3 aromatic carbocycles. The molecule has 1 N–H and O–H groups in total. The maximum atomic E-state index is 13.8. The van der Waals surface area contributed by atoms with Crippen LogP contribution in [0.1, 0.15) is 74.3 Å². The normalized spacial score (nSPS) is 13.3. The van der Waals surface area contributed by atoms with Crippen molar-refractivity contribution in [3.63, 3.8) is 0 Å². The van der Waals surface area contributed by atoms with Crippen molar-refractivity contribution in [2.75, 3.05) is 6.54 Å². The minimum absolute atomic E-state index is 0.0288. The van der Waals surface area contributed by atoms with Gasteiger partial charge in [0.1, 0.15) is 5.82 Å². The van der Waals surface area contributed by atoms with E-state index >= 15 is 0 Å². The van der Waals surface area contributed by atoms with Gasteiger partial charge < -0.3 is 5.11 Å². The van der Waals surface area contributed by atoms with Crippen molar-refractivity contribution in [1.82, 2.24) is 4.90 Å². The number of carboxylic acids is 1. The average Bonchev–Trinajstić information content (AvgIpc) is 2.90. The van der Waals surface area contributed by atoms with Gasteiger partial charge in [0.2, 0.25) is 0 Å². The van der Waals surface area contributed by atoms with Crippen LogP contribution in [0.5, 0.6) is 0 Å². The van der Waals surface area contributed by atoms with E-state index in [1.165, 1.54) is 12.1 Å². The van der Waals surface area contributed by atoms with Gasteiger partial charge in [-0.05, 0) is 89.4 Å². The Bertz CT molecular complexity index is 1380. The fourth-order valence-electron chi connectivity index (χ4n) is 4.98. The van der Waals surface area contributed by atoms with E-state index < -0.39 is 41.2 Å². The standard InChI is InChI=1S/C33H36F7NO2/c1-20(2)11-12-41(19-24-7-10-28(34)17-30(24)33(38,39)40)18-22-14-25(23-5-8-27(9-6-23)32(35,36)37)16-26(15-22)29(31(42)43)13-21(3)4/h5-10,14-17,20-21,29H,11-13,18-19H2,1-4H3,(H,42,43). The molecule has 0 saturated carbocycles. The summed E-state index contributed by atoms with van der Waals surface area (Å²) in [7, 11) is 0. The summed E-state index contributed by atoms with van der Waals surface area (Å²) in [6.45, 7) is 8.11. The highest BCUT2D eigenvalue weighted by Crippen LogP contribution is 2.35. The Labute approximate surface area is 247 Å². The number of halogens is 7. The molecule has 0 aliphatic carbocycles. The van der Waals surface area contributed by atoms with Crippen LogP contribution in [0.2, 0.25) is 0 Å². The molecule has 1 unspecified atom stereocenters. The second kappa shape index (κ2) is 13.9. The first-order valence-electron chi connectivity index (χ1n) is 14.1. The van der Waals surface area contributed by atoms with Crippen molar-refractivity contribution in [1.29, 1.82) is 0 Å². The summed E-state index contributed by atoms with van der Waals surface area (Å²) in [4.78, 5) is 14.1. The van der Waals surface area contributed by atoms with Crippen LogP contribution in [0.4, 0.5) is 30.7 Å². The highest BCUT2D eigenvalue weighted by Gasteiger charge is 2.34. The molecule has 0 amide bonds. The van der Waals surface area contributed by atoms with Gasteiger partial charge in [-0.15, -0.1) is 0 Å². The molecule has 234 valence electrons. The van der Waals surface area contributed by atoms with Gasteiger partial charge in [-0.25, -0.2) is 4.39 Å². The Morgan fingerprint density at radius 3 is 1.98 bits per heavy atom. The van der Waals surface area contributed by atoms with Crippen LogP contribution in [0.15, 0.2) is 60.7 Å². The second-order valence-corrected chi connectivity index (χ2v) is 11.8. The summed E-state index contributed by atoms with van der Waals surface area (Å²) in [5.74, 6) is -2.69. The topological polar surface area (TPSA) is 40.5 Å². The van der Waals surface area contributed by atoms with E-state index in [-0.39, 0.29) is 30.5 Å². The zero-order valence-corrected chi connectivity index (χ0v) is 24.5. The Balaban J connectivity index is 2.10. The average molecular weight is 612 g/mol. The van der Waals surface area contributed by atoms with Crippen LogP contribution in [0, 0.1) is 17.7 Å². The quantitative estimate of drug-likeness (QED) is 0.207. The van der Waals surface area contributed by atoms with Gasteiger partial charge in [0.05, 0.1) is 17.0 Å². The smallest absolute Gasteiger partial charge is 0.416 e. The monoisotopic (exact) mass is 611 g/mol. The fourth-order valence-corrected chi connectivity index (χ4v) is 4.98. The van der Waals surface area contributed by atoms with Crippen molar-refractivity contribution in [2.24, 2.45) is 11.8 Å². The first-order valence-corrected chi connectivity index (χ1v) is 14.1. The Kier molecular flexibility index (Phi) is 11.0. The third-order valence-electron chi connectivity index (χ3n) is 7.17. The molecule has 0 radical (unpaired) electrons. The third kappa shape index (κ3) is 9.81. The largest absolute Gasteiger partial charge is 0.481 e. The highest BCUT2D eigenvalue weighted by molar-refractivity contribution is 5.77. The molecule has 3 nitrogen and oxygen atoms in total. The zero-order chi connectivity index (χ0) is 32.1. The van der Waals surface area contributed by atoms with Gasteiger partial charge in [-0.2, -0.15) is 26.3 Å². The van der Waals surface area contributed by atoms with E-state index in [9.17, 15) is 40.6 Å². The van der Waals surface area contributed by atoms with Crippen LogP contribution >= 0.6 is 0 Å². The molecule has 0 bridgehead atoms. The molecule has 1 atom stereocenters. The molecule has 0 heterocycles. The molecule has 10 heteroatoms. The lowest BCUT2D eigenvalue weighted by molar-refractivity contribution is -0.139. The molecule has 0 aliphatic heterocycles. The number of carbonyl (C=O) groups is 1.